The fourth-order valence-electron chi connectivity index (χ4n) is 3.45. The molecule has 7 nitrogen and oxygen atoms in total. The Morgan fingerprint density at radius 2 is 1.87 bits per heavy atom. The molecule has 4 rings (SSSR count). The van der Waals surface area contributed by atoms with Crippen molar-refractivity contribution in [1.29, 1.82) is 0 Å². The van der Waals surface area contributed by atoms with Gasteiger partial charge in [0.1, 0.15) is 16.6 Å². The molecule has 0 radical (unpaired) electrons. The summed E-state index contributed by atoms with van der Waals surface area (Å²) in [6.45, 7) is 2.84. The first-order valence-electron chi connectivity index (χ1n) is 9.78. The summed E-state index contributed by atoms with van der Waals surface area (Å²) in [5.74, 6) is 0.423. The van der Waals surface area contributed by atoms with Gasteiger partial charge in [-0.05, 0) is 55.7 Å². The molecule has 1 aromatic carbocycles. The highest BCUT2D eigenvalue weighted by Gasteiger charge is 2.30. The fourth-order valence-corrected chi connectivity index (χ4v) is 5.61. The summed E-state index contributed by atoms with van der Waals surface area (Å²) in [7, 11) is -3.61. The first-order chi connectivity index (χ1) is 14.5. The van der Waals surface area contributed by atoms with Crippen LogP contribution in [0.2, 0.25) is 0 Å². The van der Waals surface area contributed by atoms with Gasteiger partial charge in [-0.1, -0.05) is 24.3 Å². The summed E-state index contributed by atoms with van der Waals surface area (Å²) >= 11 is 1.50. The van der Waals surface area contributed by atoms with Gasteiger partial charge < -0.3 is 5.32 Å². The number of hydrogen-bond acceptors (Lipinski definition) is 7. The molecule has 0 spiro atoms. The second-order valence-electron chi connectivity index (χ2n) is 7.06. The number of rotatable bonds is 6. The summed E-state index contributed by atoms with van der Waals surface area (Å²) in [6, 6.07) is 10.7. The summed E-state index contributed by atoms with van der Waals surface area (Å²) in [5, 5.41) is 13.1. The topological polar surface area (TPSA) is 88.1 Å². The van der Waals surface area contributed by atoms with E-state index >= 15 is 0 Å². The third kappa shape index (κ3) is 4.50. The Balaban J connectivity index is 1.42. The van der Waals surface area contributed by atoms with E-state index < -0.39 is 15.8 Å². The Morgan fingerprint density at radius 3 is 2.53 bits per heavy atom. The predicted octanol–water partition coefficient (Wildman–Crippen LogP) is 3.95. The van der Waals surface area contributed by atoms with Gasteiger partial charge in [0.25, 0.3) is 0 Å². The van der Waals surface area contributed by atoms with E-state index in [2.05, 4.69) is 15.5 Å². The van der Waals surface area contributed by atoms with Crippen LogP contribution in [0, 0.1) is 5.82 Å². The molecule has 2 aromatic heterocycles. The smallest absolute Gasteiger partial charge is 0.243 e. The highest BCUT2D eigenvalue weighted by atomic mass is 32.2. The van der Waals surface area contributed by atoms with Gasteiger partial charge >= 0.3 is 0 Å². The van der Waals surface area contributed by atoms with E-state index in [9.17, 15) is 12.8 Å². The van der Waals surface area contributed by atoms with Gasteiger partial charge in [0.15, 0.2) is 0 Å². The zero-order chi connectivity index (χ0) is 21.1. The van der Waals surface area contributed by atoms with Gasteiger partial charge in [0.05, 0.1) is 4.90 Å². The Kier molecular flexibility index (Phi) is 6.07. The SMILES string of the molecule is CCc1nnc(Nc2cccc(C3CCN(S(=O)(=O)c4ccc(F)cc4)CC3)n2)s1. The maximum atomic E-state index is 13.1. The number of sulfonamides is 1. The number of hydrogen-bond donors (Lipinski definition) is 1. The number of halogens is 1. The lowest BCUT2D eigenvalue weighted by molar-refractivity contribution is 0.317. The average molecular weight is 448 g/mol. The van der Waals surface area contributed by atoms with Crippen molar-refractivity contribution in [2.45, 2.75) is 37.0 Å². The standard InChI is InChI=1S/C20H22FN5O2S2/c1-2-19-24-25-20(29-19)23-18-5-3-4-17(22-18)14-10-12-26(13-11-14)30(27,28)16-8-6-15(21)7-9-16/h3-9,14H,2,10-13H2,1H3,(H,22,23,25). The van der Waals surface area contributed by atoms with Gasteiger partial charge in [-0.2, -0.15) is 4.31 Å². The number of aromatic nitrogens is 3. The van der Waals surface area contributed by atoms with Crippen molar-refractivity contribution in [3.8, 4) is 0 Å². The van der Waals surface area contributed by atoms with Crippen LogP contribution < -0.4 is 5.32 Å². The molecule has 1 aliphatic rings. The maximum Gasteiger partial charge on any atom is 0.243 e. The van der Waals surface area contributed by atoms with Crippen LogP contribution in [-0.2, 0) is 16.4 Å². The third-order valence-corrected chi connectivity index (χ3v) is 7.99. The van der Waals surface area contributed by atoms with Crippen LogP contribution >= 0.6 is 11.3 Å². The number of nitrogens with zero attached hydrogens (tertiary/aromatic N) is 4. The van der Waals surface area contributed by atoms with Crippen LogP contribution in [0.3, 0.4) is 0 Å². The number of benzene rings is 1. The number of anilines is 2. The lowest BCUT2D eigenvalue weighted by atomic mass is 9.94. The molecule has 0 amide bonds. The lowest BCUT2D eigenvalue weighted by Crippen LogP contribution is -2.38. The number of nitrogens with one attached hydrogen (secondary N) is 1. The Morgan fingerprint density at radius 1 is 1.13 bits per heavy atom. The summed E-state index contributed by atoms with van der Waals surface area (Å²) < 4.78 is 40.2. The monoisotopic (exact) mass is 447 g/mol. The average Bonchev–Trinajstić information content (AvgIpc) is 3.22. The maximum absolute atomic E-state index is 13.1. The molecule has 1 saturated heterocycles. The molecule has 3 aromatic rings. The van der Waals surface area contributed by atoms with E-state index in [4.69, 9.17) is 4.98 Å². The van der Waals surface area contributed by atoms with Crippen LogP contribution in [-0.4, -0.2) is 41.0 Å². The molecule has 1 fully saturated rings. The number of piperidine rings is 1. The van der Waals surface area contributed by atoms with E-state index in [1.165, 1.54) is 39.9 Å². The van der Waals surface area contributed by atoms with Gasteiger partial charge in [-0.3, -0.25) is 0 Å². The largest absolute Gasteiger partial charge is 0.315 e. The van der Waals surface area contributed by atoms with Gasteiger partial charge in [-0.25, -0.2) is 17.8 Å². The summed E-state index contributed by atoms with van der Waals surface area (Å²) in [6.07, 6.45) is 2.19. The first-order valence-corrected chi connectivity index (χ1v) is 12.0. The minimum Gasteiger partial charge on any atom is -0.315 e. The molecule has 0 atom stereocenters. The molecular weight excluding hydrogens is 425 g/mol. The first kappa shape index (κ1) is 20.8. The van der Waals surface area contributed by atoms with Crippen molar-refractivity contribution in [3.63, 3.8) is 0 Å². The third-order valence-electron chi connectivity index (χ3n) is 5.10. The molecule has 1 aliphatic heterocycles. The van der Waals surface area contributed by atoms with E-state index in [1.807, 2.05) is 25.1 Å². The summed E-state index contributed by atoms with van der Waals surface area (Å²) in [4.78, 5) is 4.82. The second kappa shape index (κ2) is 8.75. The van der Waals surface area contributed by atoms with Gasteiger partial charge in [-0.15, -0.1) is 10.2 Å². The number of aryl methyl sites for hydroxylation is 1. The predicted molar refractivity (Wildman–Crippen MR) is 114 cm³/mol. The lowest BCUT2D eigenvalue weighted by Gasteiger charge is -2.31. The van der Waals surface area contributed by atoms with Crippen LogP contribution in [0.4, 0.5) is 15.3 Å². The van der Waals surface area contributed by atoms with E-state index in [0.29, 0.717) is 36.9 Å². The molecule has 3 heterocycles. The zero-order valence-corrected chi connectivity index (χ0v) is 18.1. The summed E-state index contributed by atoms with van der Waals surface area (Å²) in [5.41, 5.74) is 0.930. The van der Waals surface area contributed by atoms with E-state index in [-0.39, 0.29) is 10.8 Å². The Hall–Kier alpha value is -2.43. The van der Waals surface area contributed by atoms with Crippen LogP contribution in [0.5, 0.6) is 0 Å². The van der Waals surface area contributed by atoms with Crippen molar-refractivity contribution >= 4 is 32.3 Å². The molecule has 158 valence electrons. The van der Waals surface area contributed by atoms with Crippen LogP contribution in [0.25, 0.3) is 0 Å². The zero-order valence-electron chi connectivity index (χ0n) is 16.5. The van der Waals surface area contributed by atoms with Crippen LogP contribution in [0.1, 0.15) is 36.4 Å². The molecule has 0 bridgehead atoms. The number of pyridine rings is 1. The quantitative estimate of drug-likeness (QED) is 0.616. The molecular formula is C20H22FN5O2S2. The van der Waals surface area contributed by atoms with Crippen molar-refractivity contribution < 1.29 is 12.8 Å². The van der Waals surface area contributed by atoms with E-state index in [0.717, 1.165) is 17.1 Å². The van der Waals surface area contributed by atoms with Crippen molar-refractivity contribution in [2.75, 3.05) is 18.4 Å². The van der Waals surface area contributed by atoms with Gasteiger partial charge in [0.2, 0.25) is 15.2 Å². The minimum absolute atomic E-state index is 0.121. The highest BCUT2D eigenvalue weighted by Crippen LogP contribution is 2.31. The molecule has 1 N–H and O–H groups in total. The fraction of sp³-hybridized carbons (Fsp3) is 0.350. The normalized spacial score (nSPS) is 15.9. The molecule has 30 heavy (non-hydrogen) atoms. The van der Waals surface area contributed by atoms with Crippen molar-refractivity contribution in [1.82, 2.24) is 19.5 Å². The van der Waals surface area contributed by atoms with Gasteiger partial charge in [0, 0.05) is 24.7 Å². The molecule has 0 saturated carbocycles. The molecule has 0 aliphatic carbocycles. The van der Waals surface area contributed by atoms with E-state index in [1.54, 1.807) is 0 Å². The molecule has 0 unspecified atom stereocenters. The Labute approximate surface area is 179 Å². The van der Waals surface area contributed by atoms with Crippen LogP contribution in [0.15, 0.2) is 47.4 Å². The second-order valence-corrected chi connectivity index (χ2v) is 10.1. The molecule has 10 heteroatoms. The minimum atomic E-state index is -3.61. The van der Waals surface area contributed by atoms with Crippen molar-refractivity contribution in [3.05, 3.63) is 59.0 Å². The van der Waals surface area contributed by atoms with Crippen molar-refractivity contribution in [2.24, 2.45) is 0 Å². The Bertz CT molecular complexity index is 1110. The highest BCUT2D eigenvalue weighted by molar-refractivity contribution is 7.89.